The summed E-state index contributed by atoms with van der Waals surface area (Å²) in [6.07, 6.45) is 0. The Kier molecular flexibility index (Phi) is 6.08. The smallest absolute Gasteiger partial charge is 0.335 e. The van der Waals surface area contributed by atoms with E-state index in [1.54, 1.807) is 24.3 Å². The zero-order valence-electron chi connectivity index (χ0n) is 17.6. The third kappa shape index (κ3) is 4.27. The van der Waals surface area contributed by atoms with Crippen LogP contribution in [0.2, 0.25) is 0 Å². The zero-order chi connectivity index (χ0) is 23.5. The molecular formula is C25H20F2N2O4. The number of hydrogen-bond acceptors (Lipinski definition) is 4. The number of carbonyl (C=O) groups excluding carboxylic acids is 1. The molecule has 0 fully saturated rings. The topological polar surface area (TPSA) is 91.6 Å². The summed E-state index contributed by atoms with van der Waals surface area (Å²) in [5, 5.41) is 15.4. The van der Waals surface area contributed by atoms with Crippen LogP contribution in [0.1, 0.15) is 20.7 Å². The van der Waals surface area contributed by atoms with Crippen molar-refractivity contribution in [3.63, 3.8) is 0 Å². The summed E-state index contributed by atoms with van der Waals surface area (Å²) in [5.74, 6) is -1.64. The van der Waals surface area contributed by atoms with Gasteiger partial charge in [-0.25, -0.2) is 13.6 Å². The molecule has 3 N–H and O–H groups in total. The molecule has 168 valence electrons. The minimum atomic E-state index is -1.08. The molecule has 3 aromatic carbocycles. The molecule has 1 amide bonds. The minimum absolute atomic E-state index is 0.0327. The van der Waals surface area contributed by atoms with Gasteiger partial charge < -0.3 is 20.2 Å². The van der Waals surface area contributed by atoms with Crippen LogP contribution in [-0.2, 0) is 0 Å². The van der Waals surface area contributed by atoms with Gasteiger partial charge in [0.15, 0.2) is 0 Å². The Balaban J connectivity index is 1.99. The van der Waals surface area contributed by atoms with Gasteiger partial charge in [0.25, 0.3) is 5.91 Å². The highest BCUT2D eigenvalue weighted by atomic mass is 19.1. The maximum atomic E-state index is 13.4. The van der Waals surface area contributed by atoms with Crippen LogP contribution in [0.5, 0.6) is 0 Å². The van der Waals surface area contributed by atoms with Gasteiger partial charge in [0.05, 0.1) is 11.1 Å². The van der Waals surface area contributed by atoms with E-state index < -0.39 is 24.4 Å². The van der Waals surface area contributed by atoms with Crippen LogP contribution in [0.25, 0.3) is 33.4 Å². The van der Waals surface area contributed by atoms with E-state index in [9.17, 15) is 23.5 Å². The van der Waals surface area contributed by atoms with Crippen LogP contribution in [0.4, 0.5) is 14.5 Å². The fourth-order valence-electron chi connectivity index (χ4n) is 3.68. The van der Waals surface area contributed by atoms with Crippen LogP contribution >= 0.6 is 0 Å². The summed E-state index contributed by atoms with van der Waals surface area (Å²) in [6, 6.07) is 15.2. The molecule has 0 aliphatic carbocycles. The fourth-order valence-corrected chi connectivity index (χ4v) is 3.68. The van der Waals surface area contributed by atoms with Gasteiger partial charge in [-0.15, -0.1) is 0 Å². The predicted molar refractivity (Wildman–Crippen MR) is 122 cm³/mol. The molecule has 8 heteroatoms. The number of carboxylic acids is 1. The molecule has 0 aliphatic heterocycles. The highest BCUT2D eigenvalue weighted by Crippen LogP contribution is 2.40. The van der Waals surface area contributed by atoms with E-state index in [0.717, 1.165) is 0 Å². The second-order valence-corrected chi connectivity index (χ2v) is 7.29. The monoisotopic (exact) mass is 450 g/mol. The summed E-state index contributed by atoms with van der Waals surface area (Å²) in [6.45, 7) is -0.583. The van der Waals surface area contributed by atoms with Gasteiger partial charge in [0.2, 0.25) is 0 Å². The Morgan fingerprint density at radius 1 is 1.03 bits per heavy atom. The molecule has 0 radical (unpaired) electrons. The molecule has 0 saturated carbocycles. The quantitative estimate of drug-likeness (QED) is 0.353. The summed E-state index contributed by atoms with van der Waals surface area (Å²) in [7, 11) is 1.49. The average Bonchev–Trinajstić information content (AvgIpc) is 3.20. The number of nitrogens with one attached hydrogen (secondary N) is 2. The van der Waals surface area contributed by atoms with Gasteiger partial charge >= 0.3 is 5.97 Å². The molecule has 0 unspecified atom stereocenters. The molecule has 1 heterocycles. The van der Waals surface area contributed by atoms with E-state index in [4.69, 9.17) is 4.42 Å². The van der Waals surface area contributed by atoms with Crippen LogP contribution in [0.15, 0.2) is 65.1 Å². The van der Waals surface area contributed by atoms with Gasteiger partial charge in [-0.3, -0.25) is 4.79 Å². The van der Waals surface area contributed by atoms with Crippen molar-refractivity contribution in [1.82, 2.24) is 5.32 Å². The molecule has 0 bridgehead atoms. The van der Waals surface area contributed by atoms with Crippen molar-refractivity contribution in [2.24, 2.45) is 0 Å². The van der Waals surface area contributed by atoms with E-state index in [1.807, 2.05) is 0 Å². The number of hydrogen-bond donors (Lipinski definition) is 3. The Morgan fingerprint density at radius 2 is 1.79 bits per heavy atom. The number of amides is 1. The lowest BCUT2D eigenvalue weighted by atomic mass is 9.97. The van der Waals surface area contributed by atoms with Gasteiger partial charge in [-0.2, -0.15) is 0 Å². The Morgan fingerprint density at radius 3 is 2.45 bits per heavy atom. The van der Waals surface area contributed by atoms with Gasteiger partial charge in [-0.05, 0) is 48.0 Å². The standard InChI is InChI=1S/C25H20F2N2O4/c1-28-24(30)22-19-12-18(15-3-2-4-16(11-15)25(31)32)20(29-10-9-26)13-21(19)33-23(22)14-5-7-17(27)8-6-14/h2-8,11-13,29H,9-10H2,1H3,(H,28,30)(H,31,32). The second-order valence-electron chi connectivity index (χ2n) is 7.29. The number of aromatic carboxylic acids is 1. The van der Waals surface area contributed by atoms with Crippen LogP contribution in [0.3, 0.4) is 0 Å². The number of carboxylic acid groups (broad SMARTS) is 1. The number of carbonyl (C=O) groups is 2. The first-order valence-corrected chi connectivity index (χ1v) is 10.1. The van der Waals surface area contributed by atoms with E-state index >= 15 is 0 Å². The summed E-state index contributed by atoms with van der Waals surface area (Å²) in [5.41, 5.74) is 2.90. The fraction of sp³-hybridized carbons (Fsp3) is 0.120. The normalized spacial score (nSPS) is 10.9. The average molecular weight is 450 g/mol. The predicted octanol–water partition coefficient (Wildman–Crippen LogP) is 5.35. The second kappa shape index (κ2) is 9.12. The number of fused-ring (bicyclic) bond motifs is 1. The molecule has 33 heavy (non-hydrogen) atoms. The highest BCUT2D eigenvalue weighted by Gasteiger charge is 2.23. The van der Waals surface area contributed by atoms with Crippen molar-refractivity contribution in [3.05, 3.63) is 77.6 Å². The van der Waals surface area contributed by atoms with E-state index in [2.05, 4.69) is 10.6 Å². The number of alkyl halides is 1. The van der Waals surface area contributed by atoms with Crippen molar-refractivity contribution >= 4 is 28.5 Å². The molecule has 0 aliphatic rings. The van der Waals surface area contributed by atoms with Crippen molar-refractivity contribution in [3.8, 4) is 22.5 Å². The lowest BCUT2D eigenvalue weighted by Crippen LogP contribution is -2.18. The first-order chi connectivity index (χ1) is 15.9. The third-order valence-corrected chi connectivity index (χ3v) is 5.22. The minimum Gasteiger partial charge on any atom is -0.478 e. The van der Waals surface area contributed by atoms with Crippen molar-refractivity contribution in [1.29, 1.82) is 0 Å². The lowest BCUT2D eigenvalue weighted by molar-refractivity contribution is 0.0696. The zero-order valence-corrected chi connectivity index (χ0v) is 17.6. The number of furan rings is 1. The van der Waals surface area contributed by atoms with Crippen LogP contribution in [-0.4, -0.2) is 37.3 Å². The van der Waals surface area contributed by atoms with Crippen LogP contribution in [0, 0.1) is 5.82 Å². The number of rotatable bonds is 7. The van der Waals surface area contributed by atoms with Crippen molar-refractivity contribution < 1.29 is 27.9 Å². The summed E-state index contributed by atoms with van der Waals surface area (Å²) < 4.78 is 32.4. The van der Waals surface area contributed by atoms with E-state index in [1.165, 1.54) is 43.4 Å². The van der Waals surface area contributed by atoms with E-state index in [-0.39, 0.29) is 23.4 Å². The van der Waals surface area contributed by atoms with Crippen molar-refractivity contribution in [2.75, 3.05) is 25.6 Å². The molecule has 4 rings (SSSR count). The van der Waals surface area contributed by atoms with Gasteiger partial charge in [-0.1, -0.05) is 12.1 Å². The number of halogens is 2. The molecular weight excluding hydrogens is 430 g/mol. The lowest BCUT2D eigenvalue weighted by Gasteiger charge is -2.12. The number of anilines is 1. The molecule has 6 nitrogen and oxygen atoms in total. The Hall–Kier alpha value is -4.20. The number of benzene rings is 3. The van der Waals surface area contributed by atoms with Gasteiger partial charge in [0, 0.05) is 41.9 Å². The Labute approximate surface area is 187 Å². The molecule has 1 aromatic heterocycles. The molecule has 0 atom stereocenters. The molecule has 4 aromatic rings. The summed E-state index contributed by atoms with van der Waals surface area (Å²) in [4.78, 5) is 24.3. The highest BCUT2D eigenvalue weighted by molar-refractivity contribution is 6.12. The molecule has 0 saturated heterocycles. The maximum absolute atomic E-state index is 13.4. The largest absolute Gasteiger partial charge is 0.478 e. The summed E-state index contributed by atoms with van der Waals surface area (Å²) >= 11 is 0. The maximum Gasteiger partial charge on any atom is 0.335 e. The van der Waals surface area contributed by atoms with Crippen LogP contribution < -0.4 is 10.6 Å². The first kappa shape index (κ1) is 22.0. The molecule has 0 spiro atoms. The van der Waals surface area contributed by atoms with Gasteiger partial charge in [0.1, 0.15) is 23.8 Å². The third-order valence-electron chi connectivity index (χ3n) is 5.22. The SMILES string of the molecule is CNC(=O)c1c(-c2ccc(F)cc2)oc2cc(NCCF)c(-c3cccc(C(=O)O)c3)cc12. The first-order valence-electron chi connectivity index (χ1n) is 10.1. The Bertz CT molecular complexity index is 1350. The van der Waals surface area contributed by atoms with Crippen molar-refractivity contribution in [2.45, 2.75) is 0 Å². The van der Waals surface area contributed by atoms with E-state index in [0.29, 0.717) is 33.3 Å².